The lowest BCUT2D eigenvalue weighted by Crippen LogP contribution is -2.38. The summed E-state index contributed by atoms with van der Waals surface area (Å²) in [7, 11) is 1.79. The molecule has 1 fully saturated rings. The molecule has 1 unspecified atom stereocenters. The van der Waals surface area contributed by atoms with Gasteiger partial charge in [0.25, 0.3) is 0 Å². The average Bonchev–Trinajstić information content (AvgIpc) is 3.32. The van der Waals surface area contributed by atoms with Gasteiger partial charge in [-0.1, -0.05) is 12.1 Å². The lowest BCUT2D eigenvalue weighted by Gasteiger charge is -2.22. The Labute approximate surface area is 166 Å². The van der Waals surface area contributed by atoms with Crippen LogP contribution in [0.1, 0.15) is 37.1 Å². The quantitative estimate of drug-likeness (QED) is 0.369. The molecule has 0 bridgehead atoms. The van der Waals surface area contributed by atoms with Crippen LogP contribution < -0.4 is 15.5 Å². The summed E-state index contributed by atoms with van der Waals surface area (Å²) < 4.78 is 0. The second kappa shape index (κ2) is 9.65. The SMILES string of the molecule is CN=C(NCc1ccn[nH]1)NC(C)c1cccc(N2CCCC2)c1.I. The van der Waals surface area contributed by atoms with Crippen molar-refractivity contribution in [2.45, 2.75) is 32.4 Å². The lowest BCUT2D eigenvalue weighted by atomic mass is 10.1. The Morgan fingerprint density at radius 3 is 2.80 bits per heavy atom. The predicted octanol–water partition coefficient (Wildman–Crippen LogP) is 3.05. The monoisotopic (exact) mass is 454 g/mol. The maximum absolute atomic E-state index is 4.30. The van der Waals surface area contributed by atoms with E-state index in [9.17, 15) is 0 Å². The van der Waals surface area contributed by atoms with Crippen molar-refractivity contribution in [1.29, 1.82) is 0 Å². The van der Waals surface area contributed by atoms with Crippen LogP contribution in [0.15, 0.2) is 41.5 Å². The van der Waals surface area contributed by atoms with Gasteiger partial charge in [0, 0.05) is 32.0 Å². The summed E-state index contributed by atoms with van der Waals surface area (Å²) in [5.41, 5.74) is 3.62. The minimum atomic E-state index is 0. The Kier molecular flexibility index (Phi) is 7.54. The molecular formula is C18H27IN6. The van der Waals surface area contributed by atoms with E-state index in [1.54, 1.807) is 13.2 Å². The van der Waals surface area contributed by atoms with E-state index in [1.807, 2.05) is 6.07 Å². The largest absolute Gasteiger partial charge is 0.372 e. The van der Waals surface area contributed by atoms with E-state index in [0.29, 0.717) is 6.54 Å². The van der Waals surface area contributed by atoms with Crippen LogP contribution in [0.25, 0.3) is 0 Å². The molecule has 136 valence electrons. The van der Waals surface area contributed by atoms with Crippen molar-refractivity contribution in [3.63, 3.8) is 0 Å². The third-order valence-corrected chi connectivity index (χ3v) is 4.42. The number of halogens is 1. The molecule has 3 N–H and O–H groups in total. The van der Waals surface area contributed by atoms with E-state index in [4.69, 9.17) is 0 Å². The van der Waals surface area contributed by atoms with Crippen molar-refractivity contribution in [2.24, 2.45) is 4.99 Å². The third-order valence-electron chi connectivity index (χ3n) is 4.42. The number of nitrogens with one attached hydrogen (secondary N) is 3. The number of rotatable bonds is 5. The van der Waals surface area contributed by atoms with Crippen molar-refractivity contribution >= 4 is 35.6 Å². The summed E-state index contributed by atoms with van der Waals surface area (Å²) in [6.45, 7) is 5.16. The topological polar surface area (TPSA) is 68.3 Å². The smallest absolute Gasteiger partial charge is 0.191 e. The minimum absolute atomic E-state index is 0. The van der Waals surface area contributed by atoms with Crippen LogP contribution in [0.2, 0.25) is 0 Å². The van der Waals surface area contributed by atoms with Gasteiger partial charge in [0.05, 0.1) is 18.3 Å². The number of aliphatic imine (C=N–C) groups is 1. The van der Waals surface area contributed by atoms with Crippen molar-refractivity contribution in [3.05, 3.63) is 47.8 Å². The molecule has 1 saturated heterocycles. The van der Waals surface area contributed by atoms with E-state index in [0.717, 1.165) is 11.7 Å². The van der Waals surface area contributed by atoms with Crippen LogP contribution in [0, 0.1) is 0 Å². The van der Waals surface area contributed by atoms with Crippen molar-refractivity contribution in [2.75, 3.05) is 25.0 Å². The molecule has 0 spiro atoms. The number of nitrogens with zero attached hydrogens (tertiary/aromatic N) is 3. The van der Waals surface area contributed by atoms with Gasteiger partial charge in [0.1, 0.15) is 0 Å². The highest BCUT2D eigenvalue weighted by atomic mass is 127. The van der Waals surface area contributed by atoms with Gasteiger partial charge in [0.2, 0.25) is 0 Å². The van der Waals surface area contributed by atoms with Gasteiger partial charge in [-0.2, -0.15) is 5.10 Å². The molecule has 2 aromatic rings. The molecule has 1 aromatic heterocycles. The lowest BCUT2D eigenvalue weighted by molar-refractivity contribution is 0.682. The number of anilines is 1. The number of benzene rings is 1. The van der Waals surface area contributed by atoms with Crippen LogP contribution in [0.5, 0.6) is 0 Å². The highest BCUT2D eigenvalue weighted by Crippen LogP contribution is 2.23. The number of hydrogen-bond donors (Lipinski definition) is 3. The van der Waals surface area contributed by atoms with Crippen LogP contribution in [-0.4, -0.2) is 36.3 Å². The molecule has 6 nitrogen and oxygen atoms in total. The zero-order valence-corrected chi connectivity index (χ0v) is 17.2. The first-order chi connectivity index (χ1) is 11.8. The molecule has 1 aliphatic rings. The van der Waals surface area contributed by atoms with Gasteiger partial charge in [0.15, 0.2) is 5.96 Å². The molecule has 0 aliphatic carbocycles. The Hall–Kier alpha value is -1.77. The molecule has 0 saturated carbocycles. The Balaban J connectivity index is 0.00000225. The number of aromatic amines is 1. The Morgan fingerprint density at radius 2 is 2.12 bits per heavy atom. The fourth-order valence-electron chi connectivity index (χ4n) is 3.01. The molecule has 7 heteroatoms. The molecule has 25 heavy (non-hydrogen) atoms. The van der Waals surface area contributed by atoms with Gasteiger partial charge in [-0.3, -0.25) is 10.1 Å². The fourth-order valence-corrected chi connectivity index (χ4v) is 3.01. The molecule has 3 rings (SSSR count). The second-order valence-corrected chi connectivity index (χ2v) is 6.16. The fraction of sp³-hybridized carbons (Fsp3) is 0.444. The van der Waals surface area contributed by atoms with E-state index in [-0.39, 0.29) is 30.0 Å². The number of guanidine groups is 1. The van der Waals surface area contributed by atoms with Crippen LogP contribution in [-0.2, 0) is 6.54 Å². The normalized spacial score (nSPS) is 15.6. The summed E-state index contributed by atoms with van der Waals surface area (Å²) in [4.78, 5) is 6.76. The van der Waals surface area contributed by atoms with Crippen molar-refractivity contribution in [1.82, 2.24) is 20.8 Å². The van der Waals surface area contributed by atoms with Gasteiger partial charge in [-0.25, -0.2) is 0 Å². The maximum atomic E-state index is 4.30. The van der Waals surface area contributed by atoms with Gasteiger partial charge in [-0.15, -0.1) is 24.0 Å². The molecule has 0 radical (unpaired) electrons. The van der Waals surface area contributed by atoms with Crippen LogP contribution in [0.4, 0.5) is 5.69 Å². The number of hydrogen-bond acceptors (Lipinski definition) is 3. The molecule has 0 amide bonds. The molecule has 1 aromatic carbocycles. The highest BCUT2D eigenvalue weighted by Gasteiger charge is 2.14. The Bertz CT molecular complexity index is 664. The minimum Gasteiger partial charge on any atom is -0.372 e. The van der Waals surface area contributed by atoms with E-state index >= 15 is 0 Å². The van der Waals surface area contributed by atoms with Crippen molar-refractivity contribution in [3.8, 4) is 0 Å². The Morgan fingerprint density at radius 1 is 1.32 bits per heavy atom. The van der Waals surface area contributed by atoms with Crippen molar-refractivity contribution < 1.29 is 0 Å². The first kappa shape index (κ1) is 19.6. The predicted molar refractivity (Wildman–Crippen MR) is 114 cm³/mol. The average molecular weight is 454 g/mol. The van der Waals surface area contributed by atoms with E-state index in [2.05, 4.69) is 61.9 Å². The van der Waals surface area contributed by atoms with Crippen LogP contribution in [0.3, 0.4) is 0 Å². The summed E-state index contributed by atoms with van der Waals surface area (Å²) in [6.07, 6.45) is 4.34. The zero-order valence-electron chi connectivity index (χ0n) is 14.8. The molecule has 1 aliphatic heterocycles. The first-order valence-corrected chi connectivity index (χ1v) is 8.56. The number of H-pyrrole nitrogens is 1. The van der Waals surface area contributed by atoms with Gasteiger partial charge >= 0.3 is 0 Å². The van der Waals surface area contributed by atoms with Gasteiger partial charge in [-0.05, 0) is 43.5 Å². The van der Waals surface area contributed by atoms with Gasteiger partial charge < -0.3 is 15.5 Å². The summed E-state index contributed by atoms with van der Waals surface area (Å²) in [5.74, 6) is 0.781. The third kappa shape index (κ3) is 5.35. The number of aromatic nitrogens is 2. The summed E-state index contributed by atoms with van der Waals surface area (Å²) >= 11 is 0. The summed E-state index contributed by atoms with van der Waals surface area (Å²) in [6, 6.07) is 10.9. The standard InChI is InChI=1S/C18H26N6.HI/c1-14(22-18(19-2)20-13-16-8-9-21-23-16)15-6-5-7-17(12-15)24-10-3-4-11-24;/h5-9,12,14H,3-4,10-11,13H2,1-2H3,(H,21,23)(H2,19,20,22);1H. The maximum Gasteiger partial charge on any atom is 0.191 e. The van der Waals surface area contributed by atoms with E-state index < -0.39 is 0 Å². The highest BCUT2D eigenvalue weighted by molar-refractivity contribution is 14.0. The zero-order chi connectivity index (χ0) is 16.8. The molecule has 1 atom stereocenters. The van der Waals surface area contributed by atoms with E-state index in [1.165, 1.54) is 37.2 Å². The molecule has 2 heterocycles. The summed E-state index contributed by atoms with van der Waals surface area (Å²) in [5, 5.41) is 13.6. The molecular weight excluding hydrogens is 427 g/mol. The second-order valence-electron chi connectivity index (χ2n) is 6.16. The van der Waals surface area contributed by atoms with Crippen LogP contribution >= 0.6 is 24.0 Å². The first-order valence-electron chi connectivity index (χ1n) is 8.56.